The Kier molecular flexibility index (Phi) is 7.24. The summed E-state index contributed by atoms with van der Waals surface area (Å²) in [5, 5.41) is 0. The first-order valence-electron chi connectivity index (χ1n) is 11.6. The third kappa shape index (κ3) is 4.87. The Balaban J connectivity index is 1.59. The topological polar surface area (TPSA) is 76.2 Å². The summed E-state index contributed by atoms with van der Waals surface area (Å²) >= 11 is 0. The van der Waals surface area contributed by atoms with E-state index in [2.05, 4.69) is 0 Å². The van der Waals surface area contributed by atoms with Gasteiger partial charge >= 0.3 is 0 Å². The Bertz CT molecular complexity index is 1090. The smallest absolute Gasteiger partial charge is 0.254 e. The number of likely N-dealkylation sites (tertiary alicyclic amines) is 1. The van der Waals surface area contributed by atoms with Gasteiger partial charge in [-0.25, -0.2) is 8.42 Å². The quantitative estimate of drug-likeness (QED) is 0.628. The van der Waals surface area contributed by atoms with Crippen LogP contribution in [0.3, 0.4) is 0 Å². The molecule has 1 amide bonds. The molecule has 2 aliphatic rings. The second kappa shape index (κ2) is 10.1. The van der Waals surface area contributed by atoms with Gasteiger partial charge in [-0.15, -0.1) is 0 Å². The molecule has 0 spiro atoms. The molecule has 0 radical (unpaired) electrons. The summed E-state index contributed by atoms with van der Waals surface area (Å²) in [6.45, 7) is 1.70. The van der Waals surface area contributed by atoms with Gasteiger partial charge < -0.3 is 14.4 Å². The van der Waals surface area contributed by atoms with Crippen LogP contribution in [0.4, 0.5) is 0 Å². The lowest BCUT2D eigenvalue weighted by Gasteiger charge is -2.26. The van der Waals surface area contributed by atoms with Crippen molar-refractivity contribution in [3.63, 3.8) is 0 Å². The third-order valence-electron chi connectivity index (χ3n) is 6.59. The second-order valence-corrected chi connectivity index (χ2v) is 10.6. The lowest BCUT2D eigenvalue weighted by atomic mass is 10.0. The fourth-order valence-corrected chi connectivity index (χ4v) is 6.37. The Labute approximate surface area is 196 Å². The second-order valence-electron chi connectivity index (χ2n) is 8.62. The highest BCUT2D eigenvalue weighted by molar-refractivity contribution is 7.89. The molecule has 33 heavy (non-hydrogen) atoms. The molecule has 0 aromatic heterocycles. The van der Waals surface area contributed by atoms with Gasteiger partial charge in [-0.05, 0) is 61.6 Å². The minimum atomic E-state index is -3.62. The van der Waals surface area contributed by atoms with Crippen LogP contribution in [-0.2, 0) is 10.0 Å². The van der Waals surface area contributed by atoms with E-state index < -0.39 is 10.0 Å². The number of nitrogens with zero attached hydrogens (tertiary/aromatic N) is 2. The molecule has 2 heterocycles. The predicted octanol–water partition coefficient (Wildman–Crippen LogP) is 4.25. The van der Waals surface area contributed by atoms with Crippen molar-refractivity contribution in [1.82, 2.24) is 9.21 Å². The molecule has 8 heteroatoms. The van der Waals surface area contributed by atoms with E-state index in [0.29, 0.717) is 36.7 Å². The van der Waals surface area contributed by atoms with Crippen molar-refractivity contribution < 1.29 is 22.7 Å². The van der Waals surface area contributed by atoms with E-state index in [1.807, 2.05) is 23.1 Å². The molecule has 2 saturated heterocycles. The van der Waals surface area contributed by atoms with Crippen LogP contribution in [-0.4, -0.2) is 57.4 Å². The van der Waals surface area contributed by atoms with E-state index in [1.54, 1.807) is 36.7 Å². The Morgan fingerprint density at radius 3 is 2.30 bits per heavy atom. The molecule has 178 valence electrons. The number of carbonyl (C=O) groups excluding carboxylic acids is 1. The lowest BCUT2D eigenvalue weighted by Crippen LogP contribution is -2.33. The zero-order chi connectivity index (χ0) is 23.4. The Hall–Kier alpha value is -2.58. The number of methoxy groups -OCH3 is 2. The molecule has 2 fully saturated rings. The number of ether oxygens (including phenoxy) is 2. The van der Waals surface area contributed by atoms with E-state index in [9.17, 15) is 13.2 Å². The predicted molar refractivity (Wildman–Crippen MR) is 126 cm³/mol. The summed E-state index contributed by atoms with van der Waals surface area (Å²) in [7, 11) is -0.430. The number of amides is 1. The molecule has 2 aromatic carbocycles. The maximum Gasteiger partial charge on any atom is 0.254 e. The number of carbonyl (C=O) groups is 1. The summed E-state index contributed by atoms with van der Waals surface area (Å²) in [5.74, 6) is 1.11. The normalized spacial score (nSPS) is 19.8. The highest BCUT2D eigenvalue weighted by Crippen LogP contribution is 2.37. The highest BCUT2D eigenvalue weighted by Gasteiger charge is 2.32. The van der Waals surface area contributed by atoms with Gasteiger partial charge in [-0.1, -0.05) is 25.0 Å². The van der Waals surface area contributed by atoms with Crippen molar-refractivity contribution >= 4 is 15.9 Å². The average Bonchev–Trinajstić information content (AvgIpc) is 3.16. The van der Waals surface area contributed by atoms with Crippen LogP contribution in [0.2, 0.25) is 0 Å². The molecule has 0 N–H and O–H groups in total. The van der Waals surface area contributed by atoms with Crippen LogP contribution in [0.25, 0.3) is 0 Å². The third-order valence-corrected chi connectivity index (χ3v) is 8.48. The van der Waals surface area contributed by atoms with Gasteiger partial charge in [0.05, 0.1) is 25.2 Å². The van der Waals surface area contributed by atoms with E-state index in [-0.39, 0.29) is 16.8 Å². The molecular formula is C25H32N2O5S. The van der Waals surface area contributed by atoms with Crippen molar-refractivity contribution in [3.05, 3.63) is 53.6 Å². The zero-order valence-corrected chi connectivity index (χ0v) is 20.1. The van der Waals surface area contributed by atoms with Crippen molar-refractivity contribution in [3.8, 4) is 11.5 Å². The van der Waals surface area contributed by atoms with Crippen molar-refractivity contribution in [2.45, 2.75) is 49.5 Å². The number of hydrogen-bond donors (Lipinski definition) is 0. The van der Waals surface area contributed by atoms with Crippen LogP contribution >= 0.6 is 0 Å². The standard InChI is InChI=1S/C25H32N2O5S/c1-31-23-13-12-19(18-24(23)32-2)22-11-8-16-27(22)25(28)20-9-7-10-21(17-20)33(29,30)26-14-5-3-4-6-15-26/h7,9-10,12-13,17-18,22H,3-6,8,11,14-16H2,1-2H3/t22-/m0/s1. The maximum absolute atomic E-state index is 13.5. The van der Waals surface area contributed by atoms with Gasteiger partial charge in [0.1, 0.15) is 0 Å². The molecule has 2 aliphatic heterocycles. The maximum atomic E-state index is 13.5. The van der Waals surface area contributed by atoms with Gasteiger partial charge in [-0.3, -0.25) is 4.79 Å². The molecule has 0 saturated carbocycles. The van der Waals surface area contributed by atoms with Crippen molar-refractivity contribution in [1.29, 1.82) is 0 Å². The molecule has 0 aliphatic carbocycles. The van der Waals surface area contributed by atoms with E-state index >= 15 is 0 Å². The number of benzene rings is 2. The average molecular weight is 473 g/mol. The summed E-state index contributed by atoms with van der Waals surface area (Å²) < 4.78 is 38.8. The largest absolute Gasteiger partial charge is 0.493 e. The first-order valence-corrected chi connectivity index (χ1v) is 13.0. The van der Waals surface area contributed by atoms with Crippen LogP contribution in [0.15, 0.2) is 47.4 Å². The molecule has 1 atom stereocenters. The van der Waals surface area contributed by atoms with Gasteiger partial charge in [0, 0.05) is 25.2 Å². The SMILES string of the molecule is COc1ccc([C@@H]2CCCN2C(=O)c2cccc(S(=O)(=O)N3CCCCCC3)c2)cc1OC. The van der Waals surface area contributed by atoms with Crippen LogP contribution in [0.5, 0.6) is 11.5 Å². The monoisotopic (exact) mass is 472 g/mol. The van der Waals surface area contributed by atoms with Crippen LogP contribution < -0.4 is 9.47 Å². The number of sulfonamides is 1. The summed E-state index contributed by atoms with van der Waals surface area (Å²) in [6, 6.07) is 12.1. The minimum absolute atomic E-state index is 0.0943. The summed E-state index contributed by atoms with van der Waals surface area (Å²) in [5.41, 5.74) is 1.38. The van der Waals surface area contributed by atoms with Crippen LogP contribution in [0.1, 0.15) is 60.5 Å². The fraction of sp³-hybridized carbons (Fsp3) is 0.480. The van der Waals surface area contributed by atoms with Gasteiger partial charge in [0.2, 0.25) is 10.0 Å². The van der Waals surface area contributed by atoms with E-state index in [0.717, 1.165) is 44.1 Å². The van der Waals surface area contributed by atoms with Gasteiger partial charge in [0.25, 0.3) is 5.91 Å². The lowest BCUT2D eigenvalue weighted by molar-refractivity contribution is 0.0735. The van der Waals surface area contributed by atoms with Gasteiger partial charge in [-0.2, -0.15) is 4.31 Å². The molecule has 4 rings (SSSR count). The van der Waals surface area contributed by atoms with Gasteiger partial charge in [0.15, 0.2) is 11.5 Å². The van der Waals surface area contributed by atoms with Crippen molar-refractivity contribution in [2.24, 2.45) is 0 Å². The Morgan fingerprint density at radius 2 is 1.61 bits per heavy atom. The van der Waals surface area contributed by atoms with E-state index in [1.165, 1.54) is 6.07 Å². The first-order chi connectivity index (χ1) is 16.0. The summed E-state index contributed by atoms with van der Waals surface area (Å²) in [4.78, 5) is 15.5. The molecule has 0 bridgehead atoms. The minimum Gasteiger partial charge on any atom is -0.493 e. The number of hydrogen-bond acceptors (Lipinski definition) is 5. The molecule has 7 nitrogen and oxygen atoms in total. The summed E-state index contributed by atoms with van der Waals surface area (Å²) in [6.07, 6.45) is 5.58. The zero-order valence-electron chi connectivity index (χ0n) is 19.3. The van der Waals surface area contributed by atoms with E-state index in [4.69, 9.17) is 9.47 Å². The Morgan fingerprint density at radius 1 is 0.879 bits per heavy atom. The van der Waals surface area contributed by atoms with Crippen LogP contribution in [0, 0.1) is 0 Å². The molecule has 0 unspecified atom stereocenters. The van der Waals surface area contributed by atoms with Crippen molar-refractivity contribution in [2.75, 3.05) is 33.9 Å². The number of rotatable bonds is 6. The molecular weight excluding hydrogens is 440 g/mol. The molecule has 2 aromatic rings. The fourth-order valence-electron chi connectivity index (χ4n) is 4.80. The highest BCUT2D eigenvalue weighted by atomic mass is 32.2. The first kappa shape index (κ1) is 23.6.